The first-order chi connectivity index (χ1) is 9.19. The van der Waals surface area contributed by atoms with Crippen LogP contribution in [0.5, 0.6) is 0 Å². The Labute approximate surface area is 113 Å². The summed E-state index contributed by atoms with van der Waals surface area (Å²) in [5.41, 5.74) is 0. The first-order valence-corrected chi connectivity index (χ1v) is 6.52. The molecule has 0 saturated heterocycles. The maximum Gasteiger partial charge on any atom is 0.135 e. The lowest BCUT2D eigenvalue weighted by Crippen LogP contribution is -2.10. The van der Waals surface area contributed by atoms with E-state index in [-0.39, 0.29) is 0 Å². The van der Waals surface area contributed by atoms with E-state index in [1.165, 1.54) is 0 Å². The van der Waals surface area contributed by atoms with Crippen LogP contribution < -0.4 is 10.6 Å². The van der Waals surface area contributed by atoms with Crippen LogP contribution in [0.2, 0.25) is 0 Å². The minimum Gasteiger partial charge on any atom is -0.469 e. The van der Waals surface area contributed by atoms with Crippen molar-refractivity contribution in [3.63, 3.8) is 0 Å². The molecule has 5 nitrogen and oxygen atoms in total. The van der Waals surface area contributed by atoms with Crippen LogP contribution >= 0.6 is 0 Å². The van der Waals surface area contributed by atoms with Gasteiger partial charge in [-0.1, -0.05) is 13.8 Å². The molecular weight excluding hydrogens is 240 g/mol. The lowest BCUT2D eigenvalue weighted by atomic mass is 10.2. The standard InChI is InChI=1S/C14H20N4O/c1-10(2)14-17-12(15-3)9-13(18-14)16-7-6-11-5-4-8-19-11/h4-5,8-10H,6-7H2,1-3H3,(H2,15,16,17,18). The molecule has 0 atom stereocenters. The van der Waals surface area contributed by atoms with Gasteiger partial charge >= 0.3 is 0 Å². The second kappa shape index (κ2) is 6.22. The Morgan fingerprint density at radius 2 is 2.05 bits per heavy atom. The van der Waals surface area contributed by atoms with Gasteiger partial charge in [-0.25, -0.2) is 9.97 Å². The van der Waals surface area contributed by atoms with Gasteiger partial charge in [-0.3, -0.25) is 0 Å². The molecule has 2 aromatic rings. The fourth-order valence-corrected chi connectivity index (χ4v) is 1.71. The van der Waals surface area contributed by atoms with E-state index < -0.39 is 0 Å². The molecule has 0 radical (unpaired) electrons. The predicted octanol–water partition coefficient (Wildman–Crippen LogP) is 2.89. The van der Waals surface area contributed by atoms with E-state index in [0.717, 1.165) is 36.2 Å². The van der Waals surface area contributed by atoms with E-state index in [0.29, 0.717) is 5.92 Å². The summed E-state index contributed by atoms with van der Waals surface area (Å²) < 4.78 is 5.29. The molecule has 0 aliphatic carbocycles. The van der Waals surface area contributed by atoms with E-state index in [9.17, 15) is 0 Å². The van der Waals surface area contributed by atoms with E-state index in [4.69, 9.17) is 4.42 Å². The second-order valence-electron chi connectivity index (χ2n) is 4.66. The highest BCUT2D eigenvalue weighted by Crippen LogP contribution is 2.16. The number of nitrogens with zero attached hydrogens (tertiary/aromatic N) is 2. The Hall–Kier alpha value is -2.04. The highest BCUT2D eigenvalue weighted by atomic mass is 16.3. The van der Waals surface area contributed by atoms with Crippen molar-refractivity contribution < 1.29 is 4.42 Å². The average molecular weight is 260 g/mol. The van der Waals surface area contributed by atoms with Gasteiger partial charge in [0.2, 0.25) is 0 Å². The van der Waals surface area contributed by atoms with Crippen LogP contribution in [-0.4, -0.2) is 23.6 Å². The van der Waals surface area contributed by atoms with Crippen LogP contribution in [0.25, 0.3) is 0 Å². The van der Waals surface area contributed by atoms with Crippen LogP contribution in [-0.2, 0) is 6.42 Å². The van der Waals surface area contributed by atoms with Gasteiger partial charge < -0.3 is 15.1 Å². The van der Waals surface area contributed by atoms with Crippen LogP contribution in [0, 0.1) is 0 Å². The van der Waals surface area contributed by atoms with Crippen molar-refractivity contribution in [2.75, 3.05) is 24.2 Å². The molecule has 0 amide bonds. The second-order valence-corrected chi connectivity index (χ2v) is 4.66. The number of rotatable bonds is 6. The molecule has 0 aliphatic heterocycles. The van der Waals surface area contributed by atoms with Crippen molar-refractivity contribution in [3.05, 3.63) is 36.0 Å². The smallest absolute Gasteiger partial charge is 0.135 e. The Balaban J connectivity index is 2.00. The number of furan rings is 1. The number of hydrogen-bond donors (Lipinski definition) is 2. The summed E-state index contributed by atoms with van der Waals surface area (Å²) >= 11 is 0. The lowest BCUT2D eigenvalue weighted by molar-refractivity contribution is 0.513. The third-order valence-corrected chi connectivity index (χ3v) is 2.77. The summed E-state index contributed by atoms with van der Waals surface area (Å²) in [4.78, 5) is 8.94. The van der Waals surface area contributed by atoms with Crippen molar-refractivity contribution in [2.45, 2.75) is 26.2 Å². The van der Waals surface area contributed by atoms with Gasteiger partial charge in [0.05, 0.1) is 6.26 Å². The third-order valence-electron chi connectivity index (χ3n) is 2.77. The van der Waals surface area contributed by atoms with Gasteiger partial charge in [-0.2, -0.15) is 0 Å². The van der Waals surface area contributed by atoms with E-state index in [2.05, 4.69) is 34.4 Å². The Bertz CT molecular complexity index is 508. The molecule has 2 N–H and O–H groups in total. The van der Waals surface area contributed by atoms with Crippen LogP contribution in [0.4, 0.5) is 11.6 Å². The summed E-state index contributed by atoms with van der Waals surface area (Å²) in [5, 5.41) is 6.36. The predicted molar refractivity (Wildman–Crippen MR) is 76.6 cm³/mol. The molecule has 0 fully saturated rings. The zero-order chi connectivity index (χ0) is 13.7. The van der Waals surface area contributed by atoms with Crippen molar-refractivity contribution in [1.82, 2.24) is 9.97 Å². The van der Waals surface area contributed by atoms with Gasteiger partial charge in [0.15, 0.2) is 0 Å². The van der Waals surface area contributed by atoms with E-state index in [1.54, 1.807) is 6.26 Å². The molecule has 5 heteroatoms. The van der Waals surface area contributed by atoms with Crippen LogP contribution in [0.1, 0.15) is 31.4 Å². The molecule has 0 bridgehead atoms. The molecule has 2 rings (SSSR count). The van der Waals surface area contributed by atoms with Crippen molar-refractivity contribution in [2.24, 2.45) is 0 Å². The quantitative estimate of drug-likeness (QED) is 0.836. The number of anilines is 2. The molecular formula is C14H20N4O. The summed E-state index contributed by atoms with van der Waals surface area (Å²) in [6, 6.07) is 5.78. The first kappa shape index (κ1) is 13.4. The maximum absolute atomic E-state index is 5.29. The Morgan fingerprint density at radius 1 is 1.26 bits per heavy atom. The number of nitrogens with one attached hydrogen (secondary N) is 2. The van der Waals surface area contributed by atoms with Crippen LogP contribution in [0.15, 0.2) is 28.9 Å². The molecule has 0 aliphatic rings. The van der Waals surface area contributed by atoms with Crippen LogP contribution in [0.3, 0.4) is 0 Å². The van der Waals surface area contributed by atoms with Gasteiger partial charge in [0.25, 0.3) is 0 Å². The largest absolute Gasteiger partial charge is 0.469 e. The maximum atomic E-state index is 5.29. The Kier molecular flexibility index (Phi) is 4.39. The molecule has 0 saturated carbocycles. The minimum atomic E-state index is 0.305. The highest BCUT2D eigenvalue weighted by molar-refractivity contribution is 5.47. The SMILES string of the molecule is CNc1cc(NCCc2ccco2)nc(C(C)C)n1. The van der Waals surface area contributed by atoms with Crippen molar-refractivity contribution in [3.8, 4) is 0 Å². The zero-order valence-corrected chi connectivity index (χ0v) is 11.6. The van der Waals surface area contributed by atoms with Gasteiger partial charge in [0.1, 0.15) is 23.2 Å². The summed E-state index contributed by atoms with van der Waals surface area (Å²) in [5.74, 6) is 3.79. The average Bonchev–Trinajstić information content (AvgIpc) is 2.91. The van der Waals surface area contributed by atoms with Gasteiger partial charge in [-0.15, -0.1) is 0 Å². The fourth-order valence-electron chi connectivity index (χ4n) is 1.71. The summed E-state index contributed by atoms with van der Waals surface area (Å²) in [7, 11) is 1.86. The molecule has 102 valence electrons. The van der Waals surface area contributed by atoms with Crippen molar-refractivity contribution >= 4 is 11.6 Å². The molecule has 2 aromatic heterocycles. The van der Waals surface area contributed by atoms with Gasteiger partial charge in [0, 0.05) is 32.0 Å². The summed E-state index contributed by atoms with van der Waals surface area (Å²) in [6.07, 6.45) is 2.53. The van der Waals surface area contributed by atoms with E-state index >= 15 is 0 Å². The highest BCUT2D eigenvalue weighted by Gasteiger charge is 2.07. The summed E-state index contributed by atoms with van der Waals surface area (Å²) in [6.45, 7) is 4.95. The number of hydrogen-bond acceptors (Lipinski definition) is 5. The minimum absolute atomic E-state index is 0.305. The Morgan fingerprint density at radius 3 is 2.68 bits per heavy atom. The van der Waals surface area contributed by atoms with Crippen molar-refractivity contribution in [1.29, 1.82) is 0 Å². The fraction of sp³-hybridized carbons (Fsp3) is 0.429. The molecule has 2 heterocycles. The zero-order valence-electron chi connectivity index (χ0n) is 11.6. The molecule has 0 aromatic carbocycles. The topological polar surface area (TPSA) is 63.0 Å². The lowest BCUT2D eigenvalue weighted by Gasteiger charge is -2.11. The van der Waals surface area contributed by atoms with E-state index in [1.807, 2.05) is 25.2 Å². The number of aromatic nitrogens is 2. The third kappa shape index (κ3) is 3.71. The first-order valence-electron chi connectivity index (χ1n) is 6.52. The monoisotopic (exact) mass is 260 g/mol. The van der Waals surface area contributed by atoms with Gasteiger partial charge in [-0.05, 0) is 12.1 Å². The normalized spacial score (nSPS) is 10.7. The molecule has 19 heavy (non-hydrogen) atoms. The molecule has 0 spiro atoms. The molecule has 0 unspecified atom stereocenters.